The molecule has 0 unspecified atom stereocenters. The van der Waals surface area contributed by atoms with Crippen LogP contribution in [-0.2, 0) is 5.54 Å². The molecule has 1 saturated carbocycles. The summed E-state index contributed by atoms with van der Waals surface area (Å²) in [4.78, 5) is 6.04. The van der Waals surface area contributed by atoms with Crippen LogP contribution in [0.25, 0.3) is 11.3 Å². The Balaban J connectivity index is 2.00. The van der Waals surface area contributed by atoms with Gasteiger partial charge in [0.1, 0.15) is 5.01 Å². The van der Waals surface area contributed by atoms with Crippen LogP contribution < -0.4 is 5.73 Å². The molecule has 4 heteroatoms. The van der Waals surface area contributed by atoms with E-state index in [9.17, 15) is 0 Å². The Bertz CT molecular complexity index is 570. The highest BCUT2D eigenvalue weighted by Gasteiger charge is 2.37. The van der Waals surface area contributed by atoms with Crippen molar-refractivity contribution in [2.24, 2.45) is 5.73 Å². The molecule has 2 N–H and O–H groups in total. The molecule has 3 rings (SSSR count). The van der Waals surface area contributed by atoms with Crippen LogP contribution in [0.1, 0.15) is 29.1 Å². The highest BCUT2D eigenvalue weighted by molar-refractivity contribution is 9.10. The SMILES string of the molecule is Cc1sc(C2(N)CCC2)nc1-c1ccc(Br)cc1. The zero-order chi connectivity index (χ0) is 12.8. The van der Waals surface area contributed by atoms with Crippen molar-refractivity contribution in [2.75, 3.05) is 0 Å². The summed E-state index contributed by atoms with van der Waals surface area (Å²) >= 11 is 5.20. The third-order valence-corrected chi connectivity index (χ3v) is 5.31. The number of thiazole rings is 1. The van der Waals surface area contributed by atoms with E-state index in [0.717, 1.165) is 28.0 Å². The van der Waals surface area contributed by atoms with Gasteiger partial charge in [0.15, 0.2) is 0 Å². The van der Waals surface area contributed by atoms with Gasteiger partial charge in [0.25, 0.3) is 0 Å². The van der Waals surface area contributed by atoms with Gasteiger partial charge in [-0.25, -0.2) is 4.98 Å². The van der Waals surface area contributed by atoms with Gasteiger partial charge in [-0.3, -0.25) is 0 Å². The van der Waals surface area contributed by atoms with Gasteiger partial charge < -0.3 is 5.73 Å². The van der Waals surface area contributed by atoms with Crippen molar-refractivity contribution in [3.8, 4) is 11.3 Å². The molecule has 94 valence electrons. The summed E-state index contributed by atoms with van der Waals surface area (Å²) in [6, 6.07) is 8.30. The number of halogens is 1. The van der Waals surface area contributed by atoms with Crippen LogP contribution >= 0.6 is 27.3 Å². The van der Waals surface area contributed by atoms with Crippen molar-refractivity contribution < 1.29 is 0 Å². The first-order chi connectivity index (χ1) is 8.58. The Morgan fingerprint density at radius 3 is 2.50 bits per heavy atom. The molecule has 0 atom stereocenters. The van der Waals surface area contributed by atoms with Gasteiger partial charge in [-0.05, 0) is 38.3 Å². The van der Waals surface area contributed by atoms with Crippen LogP contribution in [0, 0.1) is 6.92 Å². The molecule has 18 heavy (non-hydrogen) atoms. The van der Waals surface area contributed by atoms with E-state index in [2.05, 4.69) is 47.1 Å². The van der Waals surface area contributed by atoms with Crippen LogP contribution in [0.15, 0.2) is 28.7 Å². The third-order valence-electron chi connectivity index (χ3n) is 3.59. The quantitative estimate of drug-likeness (QED) is 0.899. The minimum atomic E-state index is -0.150. The van der Waals surface area contributed by atoms with Crippen LogP contribution in [0.5, 0.6) is 0 Å². The molecule has 1 aliphatic carbocycles. The Kier molecular flexibility index (Phi) is 3.04. The van der Waals surface area contributed by atoms with Crippen LogP contribution in [-0.4, -0.2) is 4.98 Å². The highest BCUT2D eigenvalue weighted by atomic mass is 79.9. The fourth-order valence-corrected chi connectivity index (χ4v) is 3.62. The topological polar surface area (TPSA) is 38.9 Å². The summed E-state index contributed by atoms with van der Waals surface area (Å²) in [5.74, 6) is 0. The fourth-order valence-electron chi connectivity index (χ4n) is 2.26. The second-order valence-electron chi connectivity index (χ2n) is 4.94. The number of hydrogen-bond donors (Lipinski definition) is 1. The Morgan fingerprint density at radius 2 is 1.94 bits per heavy atom. The van der Waals surface area contributed by atoms with Gasteiger partial charge in [0.05, 0.1) is 11.2 Å². The first-order valence-electron chi connectivity index (χ1n) is 6.11. The van der Waals surface area contributed by atoms with Crippen molar-refractivity contribution in [2.45, 2.75) is 31.7 Å². The molecular formula is C14H15BrN2S. The second-order valence-corrected chi connectivity index (χ2v) is 7.06. The smallest absolute Gasteiger partial charge is 0.113 e. The van der Waals surface area contributed by atoms with Crippen LogP contribution in [0.3, 0.4) is 0 Å². The Hall–Kier alpha value is -0.710. The average molecular weight is 323 g/mol. The normalized spacial score (nSPS) is 17.5. The first-order valence-corrected chi connectivity index (χ1v) is 7.72. The van der Waals surface area contributed by atoms with Crippen LogP contribution in [0.4, 0.5) is 0 Å². The second kappa shape index (κ2) is 4.44. The summed E-state index contributed by atoms with van der Waals surface area (Å²) < 4.78 is 1.09. The molecule has 0 aliphatic heterocycles. The van der Waals surface area contributed by atoms with E-state index < -0.39 is 0 Å². The van der Waals surface area contributed by atoms with E-state index >= 15 is 0 Å². The van der Waals surface area contributed by atoms with Crippen LogP contribution in [0.2, 0.25) is 0 Å². The Morgan fingerprint density at radius 1 is 1.28 bits per heavy atom. The molecule has 0 bridgehead atoms. The van der Waals surface area contributed by atoms with Crippen molar-refractivity contribution in [1.29, 1.82) is 0 Å². The third kappa shape index (κ3) is 2.02. The van der Waals surface area contributed by atoms with Gasteiger partial charge in [-0.1, -0.05) is 28.1 Å². The maximum absolute atomic E-state index is 6.35. The maximum Gasteiger partial charge on any atom is 0.113 e. The van der Waals surface area contributed by atoms with Crippen molar-refractivity contribution in [3.05, 3.63) is 38.6 Å². The fraction of sp³-hybridized carbons (Fsp3) is 0.357. The maximum atomic E-state index is 6.35. The molecule has 1 heterocycles. The first kappa shape index (κ1) is 12.3. The average Bonchev–Trinajstić information content (AvgIpc) is 2.70. The van der Waals surface area contributed by atoms with E-state index in [4.69, 9.17) is 10.7 Å². The van der Waals surface area contributed by atoms with E-state index in [0.29, 0.717) is 0 Å². The van der Waals surface area contributed by atoms with Crippen molar-refractivity contribution in [3.63, 3.8) is 0 Å². The number of hydrogen-bond acceptors (Lipinski definition) is 3. The molecule has 0 saturated heterocycles. The lowest BCUT2D eigenvalue weighted by atomic mass is 9.78. The largest absolute Gasteiger partial charge is 0.319 e. The lowest BCUT2D eigenvalue weighted by Crippen LogP contribution is -2.43. The molecule has 0 spiro atoms. The molecule has 2 nitrogen and oxygen atoms in total. The number of aromatic nitrogens is 1. The molecule has 1 aromatic heterocycles. The Labute approximate surface area is 119 Å². The summed E-state index contributed by atoms with van der Waals surface area (Å²) in [7, 11) is 0. The number of aryl methyl sites for hydroxylation is 1. The zero-order valence-corrected chi connectivity index (χ0v) is 12.6. The summed E-state index contributed by atoms with van der Waals surface area (Å²) in [5, 5.41) is 1.10. The lowest BCUT2D eigenvalue weighted by molar-refractivity contribution is 0.253. The summed E-state index contributed by atoms with van der Waals surface area (Å²) in [6.07, 6.45) is 3.36. The number of benzene rings is 1. The van der Waals surface area contributed by atoms with Gasteiger partial charge in [0.2, 0.25) is 0 Å². The monoisotopic (exact) mass is 322 g/mol. The molecule has 1 fully saturated rings. The van der Waals surface area contributed by atoms with Gasteiger partial charge >= 0.3 is 0 Å². The minimum Gasteiger partial charge on any atom is -0.319 e. The van der Waals surface area contributed by atoms with Gasteiger partial charge in [0, 0.05) is 14.9 Å². The van der Waals surface area contributed by atoms with E-state index in [1.165, 1.54) is 16.9 Å². The number of nitrogens with zero attached hydrogens (tertiary/aromatic N) is 1. The van der Waals surface area contributed by atoms with Gasteiger partial charge in [-0.2, -0.15) is 0 Å². The standard InChI is InChI=1S/C14H15BrN2S/c1-9-12(10-3-5-11(15)6-4-10)17-13(18-9)14(16)7-2-8-14/h3-6H,2,7-8,16H2,1H3. The molecule has 0 amide bonds. The molecule has 2 aromatic rings. The number of rotatable bonds is 2. The highest BCUT2D eigenvalue weighted by Crippen LogP contribution is 2.42. The molecule has 1 aliphatic rings. The lowest BCUT2D eigenvalue weighted by Gasteiger charge is -2.35. The number of nitrogens with two attached hydrogens (primary N) is 1. The predicted molar refractivity (Wildman–Crippen MR) is 79.7 cm³/mol. The van der Waals surface area contributed by atoms with Gasteiger partial charge in [-0.15, -0.1) is 11.3 Å². The predicted octanol–water partition coefficient (Wildman–Crippen LogP) is 4.22. The molecule has 1 aromatic carbocycles. The van der Waals surface area contributed by atoms with E-state index in [-0.39, 0.29) is 5.54 Å². The van der Waals surface area contributed by atoms with E-state index in [1.54, 1.807) is 11.3 Å². The van der Waals surface area contributed by atoms with Crippen molar-refractivity contribution >= 4 is 27.3 Å². The minimum absolute atomic E-state index is 0.150. The molecule has 0 radical (unpaired) electrons. The zero-order valence-electron chi connectivity index (χ0n) is 10.2. The van der Waals surface area contributed by atoms with E-state index in [1.807, 2.05) is 0 Å². The summed E-state index contributed by atoms with van der Waals surface area (Å²) in [6.45, 7) is 2.13. The summed E-state index contributed by atoms with van der Waals surface area (Å²) in [5.41, 5.74) is 8.45. The molecular weight excluding hydrogens is 308 g/mol. The van der Waals surface area contributed by atoms with Crippen molar-refractivity contribution in [1.82, 2.24) is 4.98 Å².